The van der Waals surface area contributed by atoms with Crippen molar-refractivity contribution in [1.82, 2.24) is 0 Å². The third-order valence-electron chi connectivity index (χ3n) is 3.77. The second kappa shape index (κ2) is 7.09. The van der Waals surface area contributed by atoms with Crippen molar-refractivity contribution in [3.8, 4) is 0 Å². The van der Waals surface area contributed by atoms with E-state index in [1.807, 2.05) is 45.0 Å². The molecule has 1 atom stereocenters. The molecule has 0 heterocycles. The summed E-state index contributed by atoms with van der Waals surface area (Å²) in [6, 6.07) is 12.8. The number of carbonyl (C=O) groups excluding carboxylic acids is 2. The molecule has 0 radical (unpaired) electrons. The second-order valence-corrected chi connectivity index (χ2v) is 5.65. The second-order valence-electron chi connectivity index (χ2n) is 5.65. The number of aryl methyl sites for hydroxylation is 2. The fourth-order valence-electron chi connectivity index (χ4n) is 2.18. The summed E-state index contributed by atoms with van der Waals surface area (Å²) in [4.78, 5) is 24.3. The van der Waals surface area contributed by atoms with Crippen LogP contribution in [0.5, 0.6) is 0 Å². The van der Waals surface area contributed by atoms with Crippen molar-refractivity contribution in [1.29, 1.82) is 0 Å². The van der Waals surface area contributed by atoms with Crippen LogP contribution >= 0.6 is 0 Å². The van der Waals surface area contributed by atoms with E-state index in [-0.39, 0.29) is 5.91 Å². The largest absolute Gasteiger partial charge is 0.449 e. The highest BCUT2D eigenvalue weighted by Crippen LogP contribution is 2.18. The molecule has 4 nitrogen and oxygen atoms in total. The van der Waals surface area contributed by atoms with E-state index >= 15 is 0 Å². The lowest BCUT2D eigenvalue weighted by molar-refractivity contribution is -0.123. The van der Waals surface area contributed by atoms with Gasteiger partial charge >= 0.3 is 5.97 Å². The summed E-state index contributed by atoms with van der Waals surface area (Å²) in [5.41, 5.74) is 4.22. The van der Waals surface area contributed by atoms with Crippen molar-refractivity contribution in [2.24, 2.45) is 0 Å². The van der Waals surface area contributed by atoms with Gasteiger partial charge in [-0.05, 0) is 57.0 Å². The van der Waals surface area contributed by atoms with Gasteiger partial charge in [-0.1, -0.05) is 29.8 Å². The highest BCUT2D eigenvalue weighted by molar-refractivity contribution is 5.97. The van der Waals surface area contributed by atoms with Crippen molar-refractivity contribution in [2.75, 3.05) is 5.32 Å². The summed E-state index contributed by atoms with van der Waals surface area (Å²) in [6.07, 6.45) is -0.872. The Labute approximate surface area is 136 Å². The minimum absolute atomic E-state index is 0.347. The van der Waals surface area contributed by atoms with Crippen LogP contribution in [0.15, 0.2) is 42.5 Å². The lowest BCUT2D eigenvalue weighted by Gasteiger charge is -2.15. The Hall–Kier alpha value is -2.62. The van der Waals surface area contributed by atoms with E-state index in [1.165, 1.54) is 0 Å². The molecule has 1 amide bonds. The lowest BCUT2D eigenvalue weighted by atomic mass is 10.1. The maximum Gasteiger partial charge on any atom is 0.338 e. The Morgan fingerprint density at radius 2 is 1.74 bits per heavy atom. The van der Waals surface area contributed by atoms with E-state index in [1.54, 1.807) is 25.1 Å². The number of nitrogens with one attached hydrogen (secondary N) is 1. The fourth-order valence-corrected chi connectivity index (χ4v) is 2.18. The number of rotatable bonds is 4. The first-order chi connectivity index (χ1) is 10.9. The zero-order valence-corrected chi connectivity index (χ0v) is 13.8. The lowest BCUT2D eigenvalue weighted by Crippen LogP contribution is -2.30. The van der Waals surface area contributed by atoms with E-state index in [0.29, 0.717) is 5.56 Å². The van der Waals surface area contributed by atoms with Crippen LogP contribution in [0.3, 0.4) is 0 Å². The minimum Gasteiger partial charge on any atom is -0.449 e. The molecular formula is C19H21NO3. The van der Waals surface area contributed by atoms with Gasteiger partial charge in [0.2, 0.25) is 0 Å². The molecule has 4 heteroatoms. The van der Waals surface area contributed by atoms with E-state index in [9.17, 15) is 9.59 Å². The third-order valence-corrected chi connectivity index (χ3v) is 3.77. The van der Waals surface area contributed by atoms with E-state index < -0.39 is 12.1 Å². The predicted octanol–water partition coefficient (Wildman–Crippen LogP) is 3.80. The van der Waals surface area contributed by atoms with Gasteiger partial charge in [0.25, 0.3) is 5.91 Å². The van der Waals surface area contributed by atoms with Gasteiger partial charge in [0.1, 0.15) is 0 Å². The van der Waals surface area contributed by atoms with Crippen molar-refractivity contribution in [2.45, 2.75) is 33.8 Å². The van der Waals surface area contributed by atoms with Crippen LogP contribution in [0.25, 0.3) is 0 Å². The van der Waals surface area contributed by atoms with Crippen LogP contribution in [0.1, 0.15) is 34.0 Å². The van der Waals surface area contributed by atoms with Crippen LogP contribution in [0.4, 0.5) is 5.69 Å². The summed E-state index contributed by atoms with van der Waals surface area (Å²) in [5.74, 6) is -0.850. The van der Waals surface area contributed by atoms with Gasteiger partial charge in [0.15, 0.2) is 6.10 Å². The van der Waals surface area contributed by atoms with Gasteiger partial charge in [-0.25, -0.2) is 4.79 Å². The molecule has 2 aromatic rings. The molecule has 23 heavy (non-hydrogen) atoms. The number of carbonyl (C=O) groups is 2. The van der Waals surface area contributed by atoms with Gasteiger partial charge in [0.05, 0.1) is 5.56 Å². The average Bonchev–Trinajstić information content (AvgIpc) is 2.51. The maximum absolute atomic E-state index is 12.2. The zero-order chi connectivity index (χ0) is 17.0. The molecule has 0 unspecified atom stereocenters. The molecule has 0 aromatic heterocycles. The monoisotopic (exact) mass is 311 g/mol. The molecule has 2 rings (SSSR count). The van der Waals surface area contributed by atoms with Crippen LogP contribution in [-0.2, 0) is 9.53 Å². The topological polar surface area (TPSA) is 55.4 Å². The molecule has 1 N–H and O–H groups in total. The van der Waals surface area contributed by atoms with Gasteiger partial charge in [-0.2, -0.15) is 0 Å². The summed E-state index contributed by atoms with van der Waals surface area (Å²) in [5, 5.41) is 2.80. The van der Waals surface area contributed by atoms with Crippen molar-refractivity contribution in [3.63, 3.8) is 0 Å². The summed E-state index contributed by atoms with van der Waals surface area (Å²) in [6.45, 7) is 7.38. The first kappa shape index (κ1) is 16.7. The molecule has 0 aliphatic carbocycles. The zero-order valence-electron chi connectivity index (χ0n) is 13.8. The van der Waals surface area contributed by atoms with Gasteiger partial charge in [-0.3, -0.25) is 4.79 Å². The third kappa shape index (κ3) is 4.19. The first-order valence-electron chi connectivity index (χ1n) is 7.53. The Kier molecular flexibility index (Phi) is 5.16. The number of anilines is 1. The Balaban J connectivity index is 2.02. The normalized spacial score (nSPS) is 11.7. The molecule has 0 saturated carbocycles. The molecular weight excluding hydrogens is 290 g/mol. The number of amides is 1. The SMILES string of the molecule is Cc1cccc(C(=O)O[C@H](C)C(=O)Nc2cccc(C)c2C)c1. The van der Waals surface area contributed by atoms with Crippen LogP contribution in [0.2, 0.25) is 0 Å². The molecule has 0 aliphatic heterocycles. The van der Waals surface area contributed by atoms with Crippen LogP contribution < -0.4 is 5.32 Å². The standard InChI is InChI=1S/C19H21NO3/c1-12-7-5-9-16(11-12)19(22)23-15(4)18(21)20-17-10-6-8-13(2)14(17)3/h5-11,15H,1-4H3,(H,20,21)/t15-/m1/s1. The van der Waals surface area contributed by atoms with Gasteiger partial charge in [0, 0.05) is 5.69 Å². The summed E-state index contributed by atoms with van der Waals surface area (Å²) in [7, 11) is 0. The van der Waals surface area contributed by atoms with Crippen LogP contribution in [-0.4, -0.2) is 18.0 Å². The summed E-state index contributed by atoms with van der Waals surface area (Å²) >= 11 is 0. The van der Waals surface area contributed by atoms with Gasteiger partial charge < -0.3 is 10.1 Å². The Bertz CT molecular complexity index is 737. The number of benzene rings is 2. The Morgan fingerprint density at radius 3 is 2.43 bits per heavy atom. The number of hydrogen-bond donors (Lipinski definition) is 1. The van der Waals surface area contributed by atoms with Gasteiger partial charge in [-0.15, -0.1) is 0 Å². The van der Waals surface area contributed by atoms with Crippen LogP contribution in [0, 0.1) is 20.8 Å². The number of hydrogen-bond acceptors (Lipinski definition) is 3. The van der Waals surface area contributed by atoms with Crippen molar-refractivity contribution in [3.05, 3.63) is 64.7 Å². The van der Waals surface area contributed by atoms with Crippen molar-refractivity contribution >= 4 is 17.6 Å². The molecule has 0 spiro atoms. The predicted molar refractivity (Wildman–Crippen MR) is 90.6 cm³/mol. The van der Waals surface area contributed by atoms with E-state index in [0.717, 1.165) is 22.4 Å². The smallest absolute Gasteiger partial charge is 0.338 e. The highest BCUT2D eigenvalue weighted by atomic mass is 16.5. The van der Waals surface area contributed by atoms with E-state index in [2.05, 4.69) is 5.32 Å². The highest BCUT2D eigenvalue weighted by Gasteiger charge is 2.19. The quantitative estimate of drug-likeness (QED) is 0.874. The summed E-state index contributed by atoms with van der Waals surface area (Å²) < 4.78 is 5.24. The molecule has 0 fully saturated rings. The molecule has 0 saturated heterocycles. The Morgan fingerprint density at radius 1 is 1.04 bits per heavy atom. The molecule has 120 valence electrons. The fraction of sp³-hybridized carbons (Fsp3) is 0.263. The molecule has 2 aromatic carbocycles. The van der Waals surface area contributed by atoms with E-state index in [4.69, 9.17) is 4.74 Å². The molecule has 0 bridgehead atoms. The average molecular weight is 311 g/mol. The van der Waals surface area contributed by atoms with Crippen molar-refractivity contribution < 1.29 is 14.3 Å². The maximum atomic E-state index is 12.2. The first-order valence-corrected chi connectivity index (χ1v) is 7.53. The minimum atomic E-state index is -0.872. The molecule has 0 aliphatic rings. The number of esters is 1. The number of ether oxygens (including phenoxy) is 1.